The van der Waals surface area contributed by atoms with Crippen LogP contribution < -0.4 is 0 Å². The van der Waals surface area contributed by atoms with Crippen molar-refractivity contribution in [1.29, 1.82) is 0 Å². The average Bonchev–Trinajstić information content (AvgIpc) is 2.19. The lowest BCUT2D eigenvalue weighted by Crippen LogP contribution is -1.98. The van der Waals surface area contributed by atoms with Gasteiger partial charge < -0.3 is 0 Å². The number of rotatable bonds is 1. The molecular formula is C13H22Si2. The van der Waals surface area contributed by atoms with Gasteiger partial charge in [-0.1, -0.05) is 11.6 Å². The molecule has 0 radical (unpaired) electrons. The van der Waals surface area contributed by atoms with Crippen molar-refractivity contribution < 1.29 is 0 Å². The molecule has 0 heterocycles. The van der Waals surface area contributed by atoms with E-state index in [4.69, 9.17) is 0 Å². The van der Waals surface area contributed by atoms with Crippen molar-refractivity contribution in [3.05, 3.63) is 38.7 Å². The summed E-state index contributed by atoms with van der Waals surface area (Å²) < 4.78 is 0. The fourth-order valence-corrected chi connectivity index (χ4v) is 2.41. The number of allylic oxidation sites excluding steroid dienone is 1. The topological polar surface area (TPSA) is 0 Å². The second kappa shape index (κ2) is 4.50. The van der Waals surface area contributed by atoms with Gasteiger partial charge in [0.1, 0.15) is 0 Å². The van der Waals surface area contributed by atoms with Crippen LogP contribution in [0.25, 0.3) is 5.57 Å². The molecule has 0 aliphatic rings. The molecule has 0 fully saturated rings. The van der Waals surface area contributed by atoms with Gasteiger partial charge in [-0.15, -0.1) is 4.82 Å². The molecule has 0 atom stereocenters. The van der Waals surface area contributed by atoms with Crippen molar-refractivity contribution in [1.82, 2.24) is 0 Å². The Labute approximate surface area is 99.6 Å². The molecular weight excluding hydrogens is 212 g/mol. The first-order valence-electron chi connectivity index (χ1n) is 5.58. The second-order valence-corrected chi connectivity index (χ2v) is 9.74. The van der Waals surface area contributed by atoms with Gasteiger partial charge in [0.15, 0.2) is 0 Å². The highest BCUT2D eigenvalue weighted by molar-refractivity contribution is 6.51. The summed E-state index contributed by atoms with van der Waals surface area (Å²) in [5, 5.41) is 0. The summed E-state index contributed by atoms with van der Waals surface area (Å²) in [4.78, 5) is 1.68. The van der Waals surface area contributed by atoms with Gasteiger partial charge in [-0.05, 0) is 62.4 Å². The average molecular weight is 234 g/mol. The van der Waals surface area contributed by atoms with Crippen LogP contribution in [0.15, 0.2) is 10.9 Å². The van der Waals surface area contributed by atoms with Crippen LogP contribution in [0.5, 0.6) is 0 Å². The molecule has 0 amide bonds. The maximum atomic E-state index is 2.36. The Morgan fingerprint density at radius 3 is 1.93 bits per heavy atom. The highest BCUT2D eigenvalue weighted by Gasteiger charge is 2.08. The van der Waals surface area contributed by atoms with Crippen molar-refractivity contribution in [2.45, 2.75) is 34.6 Å². The quantitative estimate of drug-likeness (QED) is 0.644. The minimum absolute atomic E-state index is 1.22. The molecule has 0 spiro atoms. The zero-order valence-electron chi connectivity index (χ0n) is 11.1. The molecule has 0 aliphatic carbocycles. The fourth-order valence-electron chi connectivity index (χ4n) is 1.87. The lowest BCUT2D eigenvalue weighted by atomic mass is 9.92. The van der Waals surface area contributed by atoms with E-state index in [1.807, 2.05) is 0 Å². The zero-order valence-corrected chi connectivity index (χ0v) is 15.1. The summed E-state index contributed by atoms with van der Waals surface area (Å²) in [6.45, 7) is 11.2. The van der Waals surface area contributed by atoms with Gasteiger partial charge in [0.05, 0.1) is 0 Å². The maximum Gasteiger partial charge on any atom is 0.0275 e. The third kappa shape index (κ3) is 2.32. The molecule has 15 heavy (non-hydrogen) atoms. The highest BCUT2D eigenvalue weighted by atomic mass is 28.2. The lowest BCUT2D eigenvalue weighted by Gasteiger charge is -2.15. The van der Waals surface area contributed by atoms with Gasteiger partial charge in [-0.3, -0.25) is 0 Å². The molecule has 1 aromatic carbocycles. The number of aryl methyl sites for hydroxylation is 1. The summed E-state index contributed by atoms with van der Waals surface area (Å²) >= 11 is 0. The summed E-state index contributed by atoms with van der Waals surface area (Å²) in [6, 6.07) is 2.36. The Hall–Kier alpha value is -0.606. The zero-order chi connectivity index (χ0) is 11.7. The van der Waals surface area contributed by atoms with E-state index in [9.17, 15) is 0 Å². The van der Waals surface area contributed by atoms with Crippen LogP contribution in [0, 0.1) is 27.7 Å². The van der Waals surface area contributed by atoms with Gasteiger partial charge in [-0.2, -0.15) is 0 Å². The Bertz CT molecular complexity index is 425. The summed E-state index contributed by atoms with van der Waals surface area (Å²) in [5.74, 6) is 0. The summed E-state index contributed by atoms with van der Waals surface area (Å²) in [5.41, 5.74) is 8.84. The molecule has 0 N–H and O–H groups in total. The summed E-state index contributed by atoms with van der Waals surface area (Å²) in [6.07, 6.45) is 0. The number of benzene rings is 1. The predicted molar refractivity (Wildman–Crippen MR) is 77.9 cm³/mol. The van der Waals surface area contributed by atoms with Gasteiger partial charge in [0, 0.05) is 20.5 Å². The molecule has 2 heteroatoms. The van der Waals surface area contributed by atoms with Crippen LogP contribution in [0.2, 0.25) is 0 Å². The van der Waals surface area contributed by atoms with E-state index in [2.05, 4.69) is 40.7 Å². The molecule has 0 aromatic heterocycles. The van der Waals surface area contributed by atoms with Crippen molar-refractivity contribution in [2.24, 2.45) is 0 Å². The SMILES string of the molecule is CC(=C([SiH3])[SiH3])c1cc(C)c(C)c(C)c1C. The number of hydrogen-bond acceptors (Lipinski definition) is 0. The molecule has 0 bridgehead atoms. The highest BCUT2D eigenvalue weighted by Crippen LogP contribution is 2.27. The third-order valence-electron chi connectivity index (χ3n) is 3.64. The van der Waals surface area contributed by atoms with E-state index in [1.54, 1.807) is 4.82 Å². The molecule has 0 aliphatic heterocycles. The first kappa shape index (κ1) is 12.5. The minimum Gasteiger partial charge on any atom is -0.107 e. The minimum atomic E-state index is 1.22. The Morgan fingerprint density at radius 2 is 1.47 bits per heavy atom. The normalized spacial score (nSPS) is 10.7. The van der Waals surface area contributed by atoms with E-state index < -0.39 is 0 Å². The van der Waals surface area contributed by atoms with Crippen molar-refractivity contribution in [3.8, 4) is 0 Å². The van der Waals surface area contributed by atoms with Crippen LogP contribution in [-0.2, 0) is 0 Å². The largest absolute Gasteiger partial charge is 0.107 e. The van der Waals surface area contributed by atoms with E-state index >= 15 is 0 Å². The molecule has 0 unspecified atom stereocenters. The first-order valence-corrected chi connectivity index (χ1v) is 7.58. The van der Waals surface area contributed by atoms with E-state index in [0.717, 1.165) is 0 Å². The molecule has 1 aromatic rings. The fraction of sp³-hybridized carbons (Fsp3) is 0.385. The van der Waals surface area contributed by atoms with Gasteiger partial charge >= 0.3 is 0 Å². The Kier molecular flexibility index (Phi) is 3.73. The van der Waals surface area contributed by atoms with Gasteiger partial charge in [-0.25, -0.2) is 0 Å². The van der Waals surface area contributed by atoms with Crippen LogP contribution >= 0.6 is 0 Å². The Balaban J connectivity index is 3.53. The lowest BCUT2D eigenvalue weighted by molar-refractivity contribution is 1.20. The standard InChI is InChI=1S/C13H22Si2/c1-7-6-12(11(5)13(14)15)10(4)9(3)8(7)2/h6H,1-5,14-15H3. The molecule has 1 rings (SSSR count). The molecule has 0 nitrogen and oxygen atoms in total. The summed E-state index contributed by atoms with van der Waals surface area (Å²) in [7, 11) is 2.44. The first-order chi connectivity index (χ1) is 6.86. The van der Waals surface area contributed by atoms with Crippen molar-refractivity contribution in [3.63, 3.8) is 0 Å². The monoisotopic (exact) mass is 234 g/mol. The maximum absolute atomic E-state index is 2.36. The number of hydrogen-bond donors (Lipinski definition) is 0. The van der Waals surface area contributed by atoms with E-state index in [0.29, 0.717) is 0 Å². The van der Waals surface area contributed by atoms with Gasteiger partial charge in [0.2, 0.25) is 0 Å². The Morgan fingerprint density at radius 1 is 0.933 bits per heavy atom. The second-order valence-electron chi connectivity index (χ2n) is 4.74. The molecule has 82 valence electrons. The predicted octanol–water partition coefficient (Wildman–Crippen LogP) is 1.34. The van der Waals surface area contributed by atoms with Crippen LogP contribution in [0.4, 0.5) is 0 Å². The third-order valence-corrected chi connectivity index (χ3v) is 5.14. The smallest absolute Gasteiger partial charge is 0.0275 e. The van der Waals surface area contributed by atoms with Crippen molar-refractivity contribution in [2.75, 3.05) is 0 Å². The van der Waals surface area contributed by atoms with Crippen LogP contribution in [0.1, 0.15) is 34.7 Å². The van der Waals surface area contributed by atoms with Gasteiger partial charge in [0.25, 0.3) is 0 Å². The van der Waals surface area contributed by atoms with E-state index in [-0.39, 0.29) is 0 Å². The molecule has 0 saturated heterocycles. The van der Waals surface area contributed by atoms with Crippen molar-refractivity contribution >= 4 is 26.1 Å². The van der Waals surface area contributed by atoms with Crippen LogP contribution in [0.3, 0.4) is 0 Å². The van der Waals surface area contributed by atoms with E-state index in [1.165, 1.54) is 53.9 Å². The van der Waals surface area contributed by atoms with Crippen LogP contribution in [-0.4, -0.2) is 20.5 Å². The molecule has 0 saturated carbocycles.